The lowest BCUT2D eigenvalue weighted by Gasteiger charge is -2.30. The Balaban J connectivity index is 0.00000288. The SMILES string of the molecule is CN=C(NCCN1CCC(C)CC1)NCc1ccccc1OC.I. The van der Waals surface area contributed by atoms with Crippen molar-refractivity contribution in [1.82, 2.24) is 15.5 Å². The van der Waals surface area contributed by atoms with Crippen LogP contribution in [0.1, 0.15) is 25.3 Å². The molecular formula is C18H31IN4O. The number of benzene rings is 1. The number of methoxy groups -OCH3 is 1. The number of nitrogens with zero attached hydrogens (tertiary/aromatic N) is 2. The maximum absolute atomic E-state index is 5.37. The maximum Gasteiger partial charge on any atom is 0.191 e. The normalized spacial score (nSPS) is 16.4. The zero-order valence-corrected chi connectivity index (χ0v) is 17.4. The van der Waals surface area contributed by atoms with E-state index in [0.717, 1.165) is 36.3 Å². The predicted octanol–water partition coefficient (Wildman–Crippen LogP) is 2.71. The van der Waals surface area contributed by atoms with Crippen molar-refractivity contribution in [3.63, 3.8) is 0 Å². The highest BCUT2D eigenvalue weighted by molar-refractivity contribution is 14.0. The Hall–Kier alpha value is -1.02. The molecule has 0 aromatic heterocycles. The quantitative estimate of drug-likeness (QED) is 0.401. The molecule has 24 heavy (non-hydrogen) atoms. The number of rotatable bonds is 6. The van der Waals surface area contributed by atoms with Gasteiger partial charge in [-0.1, -0.05) is 25.1 Å². The lowest BCUT2D eigenvalue weighted by atomic mass is 9.99. The zero-order valence-electron chi connectivity index (χ0n) is 15.0. The van der Waals surface area contributed by atoms with E-state index in [4.69, 9.17) is 4.74 Å². The van der Waals surface area contributed by atoms with Crippen molar-refractivity contribution in [2.45, 2.75) is 26.3 Å². The Morgan fingerprint density at radius 3 is 2.62 bits per heavy atom. The van der Waals surface area contributed by atoms with Crippen LogP contribution < -0.4 is 15.4 Å². The maximum atomic E-state index is 5.37. The molecule has 1 aliphatic rings. The molecular weight excluding hydrogens is 415 g/mol. The summed E-state index contributed by atoms with van der Waals surface area (Å²) in [6.45, 7) is 7.47. The van der Waals surface area contributed by atoms with Gasteiger partial charge in [0.2, 0.25) is 0 Å². The first-order chi connectivity index (χ1) is 11.2. The third kappa shape index (κ3) is 6.84. The summed E-state index contributed by atoms with van der Waals surface area (Å²) in [5, 5.41) is 6.74. The fourth-order valence-corrected chi connectivity index (χ4v) is 2.87. The van der Waals surface area contributed by atoms with E-state index < -0.39 is 0 Å². The van der Waals surface area contributed by atoms with Crippen molar-refractivity contribution in [2.75, 3.05) is 40.3 Å². The number of hydrogen-bond acceptors (Lipinski definition) is 3. The van der Waals surface area contributed by atoms with Gasteiger partial charge in [-0.15, -0.1) is 24.0 Å². The second kappa shape index (κ2) is 11.5. The van der Waals surface area contributed by atoms with E-state index >= 15 is 0 Å². The van der Waals surface area contributed by atoms with E-state index in [2.05, 4.69) is 33.5 Å². The van der Waals surface area contributed by atoms with Crippen LogP contribution in [0.15, 0.2) is 29.3 Å². The molecule has 0 bridgehead atoms. The van der Waals surface area contributed by atoms with Crippen LogP contribution in [0.2, 0.25) is 0 Å². The molecule has 1 aromatic carbocycles. The van der Waals surface area contributed by atoms with Crippen LogP contribution in [0.25, 0.3) is 0 Å². The summed E-state index contributed by atoms with van der Waals surface area (Å²) in [6.07, 6.45) is 2.64. The molecule has 2 N–H and O–H groups in total. The summed E-state index contributed by atoms with van der Waals surface area (Å²) in [7, 11) is 3.51. The lowest BCUT2D eigenvalue weighted by molar-refractivity contribution is 0.195. The topological polar surface area (TPSA) is 48.9 Å². The van der Waals surface area contributed by atoms with E-state index in [1.165, 1.54) is 25.9 Å². The first-order valence-corrected chi connectivity index (χ1v) is 8.51. The molecule has 0 saturated carbocycles. The van der Waals surface area contributed by atoms with E-state index in [9.17, 15) is 0 Å². The summed E-state index contributed by atoms with van der Waals surface area (Å²) in [6, 6.07) is 8.04. The van der Waals surface area contributed by atoms with Crippen LogP contribution in [0, 0.1) is 5.92 Å². The molecule has 1 aliphatic heterocycles. The largest absolute Gasteiger partial charge is 0.496 e. The molecule has 136 valence electrons. The highest BCUT2D eigenvalue weighted by Gasteiger charge is 2.14. The Morgan fingerprint density at radius 2 is 1.96 bits per heavy atom. The van der Waals surface area contributed by atoms with E-state index in [0.29, 0.717) is 6.54 Å². The average molecular weight is 446 g/mol. The number of halogens is 1. The van der Waals surface area contributed by atoms with Gasteiger partial charge in [0.05, 0.1) is 7.11 Å². The van der Waals surface area contributed by atoms with Crippen LogP contribution >= 0.6 is 24.0 Å². The Kier molecular flexibility index (Phi) is 10.1. The number of ether oxygens (including phenoxy) is 1. The number of aliphatic imine (C=N–C) groups is 1. The van der Waals surface area contributed by atoms with Crippen molar-refractivity contribution < 1.29 is 4.74 Å². The Labute approximate surface area is 163 Å². The third-order valence-electron chi connectivity index (χ3n) is 4.46. The van der Waals surface area contributed by atoms with Gasteiger partial charge in [0.1, 0.15) is 5.75 Å². The number of piperidine rings is 1. The molecule has 0 amide bonds. The molecule has 2 rings (SSSR count). The summed E-state index contributed by atoms with van der Waals surface area (Å²) in [5.74, 6) is 2.62. The number of likely N-dealkylation sites (tertiary alicyclic amines) is 1. The van der Waals surface area contributed by atoms with Gasteiger partial charge in [0.15, 0.2) is 5.96 Å². The number of hydrogen-bond donors (Lipinski definition) is 2. The molecule has 1 saturated heterocycles. The van der Waals surface area contributed by atoms with Gasteiger partial charge in [-0.3, -0.25) is 4.99 Å². The number of guanidine groups is 1. The highest BCUT2D eigenvalue weighted by atomic mass is 127. The molecule has 5 nitrogen and oxygen atoms in total. The van der Waals surface area contributed by atoms with Crippen molar-refractivity contribution in [3.05, 3.63) is 29.8 Å². The first-order valence-electron chi connectivity index (χ1n) is 8.51. The van der Waals surface area contributed by atoms with E-state index in [1.807, 2.05) is 18.2 Å². The minimum Gasteiger partial charge on any atom is -0.496 e. The van der Waals surface area contributed by atoms with E-state index in [-0.39, 0.29) is 24.0 Å². The molecule has 0 atom stereocenters. The van der Waals surface area contributed by atoms with Crippen LogP contribution in [0.5, 0.6) is 5.75 Å². The van der Waals surface area contributed by atoms with Crippen LogP contribution in [0.3, 0.4) is 0 Å². The van der Waals surface area contributed by atoms with Gasteiger partial charge in [-0.2, -0.15) is 0 Å². The van der Waals surface area contributed by atoms with Crippen LogP contribution in [-0.4, -0.2) is 51.2 Å². The fraction of sp³-hybridized carbons (Fsp3) is 0.611. The summed E-state index contributed by atoms with van der Waals surface area (Å²) >= 11 is 0. The van der Waals surface area contributed by atoms with E-state index in [1.54, 1.807) is 14.2 Å². The second-order valence-corrected chi connectivity index (χ2v) is 6.19. The summed E-state index contributed by atoms with van der Waals surface area (Å²) in [5.41, 5.74) is 1.13. The van der Waals surface area contributed by atoms with Crippen molar-refractivity contribution in [1.29, 1.82) is 0 Å². The van der Waals surface area contributed by atoms with Gasteiger partial charge in [-0.05, 0) is 37.9 Å². The van der Waals surface area contributed by atoms with Gasteiger partial charge < -0.3 is 20.3 Å². The Bertz CT molecular complexity index is 502. The molecule has 1 heterocycles. The monoisotopic (exact) mass is 446 g/mol. The number of para-hydroxylation sites is 1. The Morgan fingerprint density at radius 1 is 1.25 bits per heavy atom. The first kappa shape index (κ1) is 21.0. The van der Waals surface area contributed by atoms with Crippen molar-refractivity contribution in [3.8, 4) is 5.75 Å². The van der Waals surface area contributed by atoms with Crippen molar-refractivity contribution in [2.24, 2.45) is 10.9 Å². The second-order valence-electron chi connectivity index (χ2n) is 6.19. The lowest BCUT2D eigenvalue weighted by Crippen LogP contribution is -2.43. The van der Waals surface area contributed by atoms with Crippen LogP contribution in [-0.2, 0) is 6.54 Å². The standard InChI is InChI=1S/C18H30N4O.HI/c1-15-8-11-22(12-9-15)13-10-20-18(19-2)21-14-16-6-4-5-7-17(16)23-3;/h4-7,15H,8-14H2,1-3H3,(H2,19,20,21);1H. The molecule has 6 heteroatoms. The average Bonchev–Trinajstić information content (AvgIpc) is 2.59. The number of nitrogens with one attached hydrogen (secondary N) is 2. The predicted molar refractivity (Wildman–Crippen MR) is 111 cm³/mol. The molecule has 0 radical (unpaired) electrons. The minimum absolute atomic E-state index is 0. The highest BCUT2D eigenvalue weighted by Crippen LogP contribution is 2.16. The zero-order chi connectivity index (χ0) is 16.5. The molecule has 1 aromatic rings. The smallest absolute Gasteiger partial charge is 0.191 e. The molecule has 0 spiro atoms. The molecule has 0 aliphatic carbocycles. The third-order valence-corrected chi connectivity index (χ3v) is 4.46. The fourth-order valence-electron chi connectivity index (χ4n) is 2.87. The van der Waals surface area contributed by atoms with Crippen LogP contribution in [0.4, 0.5) is 0 Å². The van der Waals surface area contributed by atoms with Gasteiger partial charge >= 0.3 is 0 Å². The van der Waals surface area contributed by atoms with Crippen molar-refractivity contribution >= 4 is 29.9 Å². The molecule has 0 unspecified atom stereocenters. The minimum atomic E-state index is 0. The molecule has 1 fully saturated rings. The van der Waals surface area contributed by atoms with Gasteiger partial charge in [-0.25, -0.2) is 0 Å². The van der Waals surface area contributed by atoms with Gasteiger partial charge in [0.25, 0.3) is 0 Å². The summed E-state index contributed by atoms with van der Waals surface area (Å²) in [4.78, 5) is 6.82. The van der Waals surface area contributed by atoms with Gasteiger partial charge in [0, 0.05) is 32.2 Å². The summed E-state index contributed by atoms with van der Waals surface area (Å²) < 4.78 is 5.37.